The van der Waals surface area contributed by atoms with Crippen molar-refractivity contribution in [2.24, 2.45) is 0 Å². The Morgan fingerprint density at radius 3 is 2.39 bits per heavy atom. The van der Waals surface area contributed by atoms with Crippen molar-refractivity contribution in [3.8, 4) is 0 Å². The quantitative estimate of drug-likeness (QED) is 0.135. The number of fused-ring (bicyclic) bond motifs is 1. The molecule has 0 atom stereocenters. The lowest BCUT2D eigenvalue weighted by Crippen LogP contribution is -2.40. The van der Waals surface area contributed by atoms with Crippen LogP contribution in [-0.4, -0.2) is 47.1 Å². The zero-order chi connectivity index (χ0) is 31.2. The van der Waals surface area contributed by atoms with E-state index in [1.807, 2.05) is 52.0 Å². The Bertz CT molecular complexity index is 1220. The molecule has 1 amide bonds. The van der Waals surface area contributed by atoms with Gasteiger partial charge in [0.25, 0.3) is 0 Å². The van der Waals surface area contributed by atoms with Gasteiger partial charge in [-0.25, -0.2) is 4.98 Å². The molecular formula is C33H48F2N4O2. The van der Waals surface area contributed by atoms with Crippen LogP contribution >= 0.6 is 0 Å². The Morgan fingerprint density at radius 2 is 1.80 bits per heavy atom. The number of pyridine rings is 1. The summed E-state index contributed by atoms with van der Waals surface area (Å²) in [5.41, 5.74) is 3.46. The normalized spacial score (nSPS) is 12.6. The van der Waals surface area contributed by atoms with Crippen molar-refractivity contribution in [1.82, 2.24) is 9.88 Å². The highest BCUT2D eigenvalue weighted by molar-refractivity contribution is 6.01. The molecule has 0 spiro atoms. The number of aryl methyl sites for hydroxylation is 1. The molecule has 0 fully saturated rings. The highest BCUT2D eigenvalue weighted by atomic mass is 19.3. The Balaban J connectivity index is 0.00000411. The molecule has 0 aliphatic carbocycles. The van der Waals surface area contributed by atoms with Gasteiger partial charge in [-0.1, -0.05) is 38.2 Å². The number of carbonyl (C=O) groups excluding carboxylic acids is 1. The van der Waals surface area contributed by atoms with Crippen LogP contribution in [0.2, 0.25) is 0 Å². The SMILES string of the molecule is C=C/C(=C\C=C(/C)C/C=C/C(=O)Nc1ccc2nc(NCCN(C(C)C)C(C)C)cc(C)c2c1)OC(C)(F)F.CC. The van der Waals surface area contributed by atoms with E-state index in [0.717, 1.165) is 40.9 Å². The number of amides is 1. The summed E-state index contributed by atoms with van der Waals surface area (Å²) in [6.45, 7) is 22.6. The minimum Gasteiger partial charge on any atom is -0.433 e. The van der Waals surface area contributed by atoms with Gasteiger partial charge < -0.3 is 15.4 Å². The molecule has 226 valence electrons. The third-order valence-corrected chi connectivity index (χ3v) is 6.03. The van der Waals surface area contributed by atoms with Crippen LogP contribution in [0.15, 0.2) is 72.6 Å². The van der Waals surface area contributed by atoms with E-state index in [9.17, 15) is 13.6 Å². The zero-order valence-electron chi connectivity index (χ0n) is 26.1. The lowest BCUT2D eigenvalue weighted by Gasteiger charge is -2.30. The molecule has 0 radical (unpaired) electrons. The molecule has 1 aromatic heterocycles. The van der Waals surface area contributed by atoms with E-state index in [1.54, 1.807) is 12.2 Å². The van der Waals surface area contributed by atoms with Gasteiger partial charge in [0.15, 0.2) is 0 Å². The van der Waals surface area contributed by atoms with E-state index < -0.39 is 6.11 Å². The molecule has 0 saturated carbocycles. The maximum absolute atomic E-state index is 13.0. The highest BCUT2D eigenvalue weighted by Crippen LogP contribution is 2.24. The monoisotopic (exact) mass is 570 g/mol. The molecule has 2 aromatic rings. The summed E-state index contributed by atoms with van der Waals surface area (Å²) < 4.78 is 30.5. The van der Waals surface area contributed by atoms with Crippen LogP contribution in [0.5, 0.6) is 0 Å². The lowest BCUT2D eigenvalue weighted by molar-refractivity contribution is -0.195. The van der Waals surface area contributed by atoms with Crippen LogP contribution in [0.3, 0.4) is 0 Å². The van der Waals surface area contributed by atoms with Gasteiger partial charge in [0.2, 0.25) is 5.91 Å². The van der Waals surface area contributed by atoms with E-state index in [0.29, 0.717) is 31.1 Å². The lowest BCUT2D eigenvalue weighted by atomic mass is 10.1. The summed E-state index contributed by atoms with van der Waals surface area (Å²) in [5, 5.41) is 7.29. The fourth-order valence-corrected chi connectivity index (χ4v) is 4.17. The molecule has 6 nitrogen and oxygen atoms in total. The fourth-order valence-electron chi connectivity index (χ4n) is 4.17. The van der Waals surface area contributed by atoms with Gasteiger partial charge in [0, 0.05) is 43.2 Å². The number of nitrogens with one attached hydrogen (secondary N) is 2. The van der Waals surface area contributed by atoms with E-state index >= 15 is 0 Å². The molecule has 0 aliphatic heterocycles. The fraction of sp³-hybridized carbons (Fsp3) is 0.455. The molecule has 2 N–H and O–H groups in total. The molecule has 1 aromatic carbocycles. The van der Waals surface area contributed by atoms with E-state index in [-0.39, 0.29) is 11.7 Å². The first-order chi connectivity index (χ1) is 19.3. The standard InChI is InChI=1S/C31H42F2N4O2.C2H6/c1-9-26(39-31(8,32)33)15-13-23(6)11-10-12-30(38)35-25-14-16-28-27(20-25)24(7)19-29(36-28)34-17-18-37(21(2)3)22(4)5;1-2/h9-10,12-16,19-22H,1,11,17-18H2,2-8H3,(H,34,36)(H,35,38);1-2H3/b12-10+,23-13+,26-15+;. The van der Waals surface area contributed by atoms with Gasteiger partial charge in [-0.2, -0.15) is 8.78 Å². The molecule has 1 heterocycles. The molecule has 0 saturated heterocycles. The minimum absolute atomic E-state index is 0.0311. The van der Waals surface area contributed by atoms with Crippen LogP contribution in [0.4, 0.5) is 20.3 Å². The Labute approximate surface area is 245 Å². The molecule has 2 rings (SSSR count). The molecule has 41 heavy (non-hydrogen) atoms. The molecule has 0 aliphatic rings. The third-order valence-electron chi connectivity index (χ3n) is 6.03. The van der Waals surface area contributed by atoms with Crippen molar-refractivity contribution in [1.29, 1.82) is 0 Å². The van der Waals surface area contributed by atoms with Gasteiger partial charge in [-0.15, -0.1) is 0 Å². The van der Waals surface area contributed by atoms with Crippen LogP contribution < -0.4 is 10.6 Å². The van der Waals surface area contributed by atoms with Crippen molar-refractivity contribution in [2.45, 2.75) is 86.9 Å². The first-order valence-electron chi connectivity index (χ1n) is 14.2. The summed E-state index contributed by atoms with van der Waals surface area (Å²) in [6, 6.07) is 8.64. The average molecular weight is 571 g/mol. The Kier molecular flexibility index (Phi) is 15.0. The zero-order valence-corrected chi connectivity index (χ0v) is 26.1. The number of hydrogen-bond donors (Lipinski definition) is 2. The smallest absolute Gasteiger partial charge is 0.394 e. The number of benzene rings is 1. The second-order valence-electron chi connectivity index (χ2n) is 10.2. The Morgan fingerprint density at radius 1 is 1.15 bits per heavy atom. The van der Waals surface area contributed by atoms with Crippen molar-refractivity contribution >= 4 is 28.3 Å². The topological polar surface area (TPSA) is 66.5 Å². The van der Waals surface area contributed by atoms with Gasteiger partial charge in [-0.05, 0) is 96.0 Å². The van der Waals surface area contributed by atoms with Crippen molar-refractivity contribution in [3.05, 3.63) is 78.1 Å². The van der Waals surface area contributed by atoms with Crippen LogP contribution in [0.25, 0.3) is 10.9 Å². The molecule has 0 unspecified atom stereocenters. The first-order valence-corrected chi connectivity index (χ1v) is 14.2. The summed E-state index contributed by atoms with van der Waals surface area (Å²) in [6.07, 6.45) is 4.65. The maximum Gasteiger partial charge on any atom is 0.394 e. The molecule has 8 heteroatoms. The number of ether oxygens (including phenoxy) is 1. The number of carbonyl (C=O) groups is 1. The van der Waals surface area contributed by atoms with Crippen molar-refractivity contribution < 1.29 is 18.3 Å². The van der Waals surface area contributed by atoms with Crippen LogP contribution in [0.1, 0.15) is 67.4 Å². The predicted octanol–water partition coefficient (Wildman–Crippen LogP) is 8.63. The van der Waals surface area contributed by atoms with Gasteiger partial charge in [-0.3, -0.25) is 9.69 Å². The van der Waals surface area contributed by atoms with E-state index in [2.05, 4.69) is 54.5 Å². The maximum atomic E-state index is 13.0. The number of nitrogens with zero attached hydrogens (tertiary/aromatic N) is 2. The number of halogens is 2. The second kappa shape index (κ2) is 17.3. The molecule has 0 bridgehead atoms. The molecular weight excluding hydrogens is 522 g/mol. The Hall–Kier alpha value is -3.52. The number of rotatable bonds is 14. The van der Waals surface area contributed by atoms with Crippen LogP contribution in [0, 0.1) is 6.92 Å². The van der Waals surface area contributed by atoms with Crippen LogP contribution in [-0.2, 0) is 9.53 Å². The van der Waals surface area contributed by atoms with Gasteiger partial charge >= 0.3 is 6.11 Å². The number of aromatic nitrogens is 1. The third kappa shape index (κ3) is 13.1. The predicted molar refractivity (Wildman–Crippen MR) is 169 cm³/mol. The summed E-state index contributed by atoms with van der Waals surface area (Å²) in [7, 11) is 0. The number of anilines is 2. The van der Waals surface area contributed by atoms with Gasteiger partial charge in [0.05, 0.1) is 5.52 Å². The van der Waals surface area contributed by atoms with E-state index in [4.69, 9.17) is 4.98 Å². The largest absolute Gasteiger partial charge is 0.433 e. The summed E-state index contributed by atoms with van der Waals surface area (Å²) in [5.74, 6) is 0.541. The number of hydrogen-bond acceptors (Lipinski definition) is 5. The van der Waals surface area contributed by atoms with Gasteiger partial charge in [0.1, 0.15) is 11.6 Å². The summed E-state index contributed by atoms with van der Waals surface area (Å²) >= 11 is 0. The number of allylic oxidation sites excluding steroid dienone is 5. The second-order valence-corrected chi connectivity index (χ2v) is 10.2. The minimum atomic E-state index is -3.28. The van der Waals surface area contributed by atoms with Crippen molar-refractivity contribution in [3.63, 3.8) is 0 Å². The average Bonchev–Trinajstić information content (AvgIpc) is 2.89. The highest BCUT2D eigenvalue weighted by Gasteiger charge is 2.23. The van der Waals surface area contributed by atoms with Crippen molar-refractivity contribution in [2.75, 3.05) is 23.7 Å². The summed E-state index contributed by atoms with van der Waals surface area (Å²) in [4.78, 5) is 19.6. The van der Waals surface area contributed by atoms with E-state index in [1.165, 1.54) is 18.2 Å². The number of alkyl halides is 2. The first kappa shape index (κ1) is 35.5.